The summed E-state index contributed by atoms with van der Waals surface area (Å²) < 4.78 is 101. The van der Waals surface area contributed by atoms with Gasteiger partial charge in [-0.2, -0.15) is 4.98 Å². The number of alkyl halides is 4. The zero-order chi connectivity index (χ0) is 29.7. The van der Waals surface area contributed by atoms with Crippen LogP contribution in [0.15, 0.2) is 24.4 Å². The number of nitrogens with zero attached hydrogens (tertiary/aromatic N) is 7. The van der Waals surface area contributed by atoms with E-state index >= 15 is 4.39 Å². The van der Waals surface area contributed by atoms with Gasteiger partial charge in [-0.3, -0.25) is 4.79 Å². The molecule has 38 heavy (non-hydrogen) atoms. The Morgan fingerprint density at radius 2 is 2.13 bits per heavy atom. The fraction of sp³-hybridized carbons (Fsp3) is 0.435. The number of methoxy groups -OCH3 is 1. The predicted octanol–water partition coefficient (Wildman–Crippen LogP) is 3.44. The van der Waals surface area contributed by atoms with Crippen LogP contribution in [0.3, 0.4) is 0 Å². The van der Waals surface area contributed by atoms with Crippen molar-refractivity contribution in [2.24, 2.45) is 0 Å². The van der Waals surface area contributed by atoms with E-state index in [9.17, 15) is 22.4 Å². The molecule has 0 bridgehead atoms. The number of carbonyl (C=O) groups excluding carboxylic acids is 1. The molecule has 202 valence electrons. The molecule has 1 N–H and O–H groups in total. The maximum absolute atomic E-state index is 15.3. The third-order valence-electron chi connectivity index (χ3n) is 6.40. The summed E-state index contributed by atoms with van der Waals surface area (Å²) in [6, 6.07) is 1.68. The number of rotatable bonds is 7. The number of anilines is 1. The number of hydrogen-bond acceptors (Lipinski definition) is 7. The Bertz CT molecular complexity index is 1610. The van der Waals surface area contributed by atoms with Gasteiger partial charge in [0.2, 0.25) is 17.7 Å². The third-order valence-corrected chi connectivity index (χ3v) is 6.40. The van der Waals surface area contributed by atoms with E-state index < -0.39 is 56.5 Å². The monoisotopic (exact) mass is 541 g/mol. The molecule has 10 nitrogen and oxygen atoms in total. The SMILES string of the molecule is [2H]C([2H])([2H])C(=O)N1CC[C@@H](Nc2nc(OC)c3c(-c4ccc5nnn(C(CF)CF)c5c4)c(F)cn3n2)C(F)(F)C1. The van der Waals surface area contributed by atoms with E-state index in [1.807, 2.05) is 0 Å². The van der Waals surface area contributed by atoms with E-state index in [2.05, 4.69) is 25.7 Å². The van der Waals surface area contributed by atoms with Crippen molar-refractivity contribution >= 4 is 28.4 Å². The molecule has 1 fully saturated rings. The molecule has 5 rings (SSSR count). The Kier molecular flexibility index (Phi) is 5.60. The van der Waals surface area contributed by atoms with Gasteiger partial charge in [-0.25, -0.2) is 31.1 Å². The number of piperidine rings is 1. The number of hydrogen-bond donors (Lipinski definition) is 1. The molecule has 1 aromatic carbocycles. The van der Waals surface area contributed by atoms with Crippen LogP contribution in [0.5, 0.6) is 5.88 Å². The van der Waals surface area contributed by atoms with Crippen LogP contribution in [-0.2, 0) is 4.79 Å². The first-order valence-corrected chi connectivity index (χ1v) is 11.4. The van der Waals surface area contributed by atoms with Crippen LogP contribution in [0.2, 0.25) is 0 Å². The first-order chi connectivity index (χ1) is 19.4. The molecular weight excluding hydrogens is 515 g/mol. The van der Waals surface area contributed by atoms with Crippen molar-refractivity contribution in [1.29, 1.82) is 0 Å². The van der Waals surface area contributed by atoms with Crippen molar-refractivity contribution in [1.82, 2.24) is 34.5 Å². The second-order valence-electron chi connectivity index (χ2n) is 8.76. The lowest BCUT2D eigenvalue weighted by Crippen LogP contribution is -2.55. The summed E-state index contributed by atoms with van der Waals surface area (Å²) in [4.78, 5) is 16.7. The zero-order valence-corrected chi connectivity index (χ0v) is 19.8. The Hall–Kier alpha value is -4.04. The number of amides is 1. The van der Waals surface area contributed by atoms with Gasteiger partial charge in [0.05, 0.1) is 37.0 Å². The highest BCUT2D eigenvalue weighted by atomic mass is 19.3. The maximum Gasteiger partial charge on any atom is 0.285 e. The highest BCUT2D eigenvalue weighted by Crippen LogP contribution is 2.36. The Balaban J connectivity index is 1.48. The first-order valence-electron chi connectivity index (χ1n) is 12.9. The molecule has 3 aromatic heterocycles. The number of halogens is 5. The summed E-state index contributed by atoms with van der Waals surface area (Å²) in [6.45, 7) is -6.48. The van der Waals surface area contributed by atoms with Gasteiger partial charge < -0.3 is 15.0 Å². The summed E-state index contributed by atoms with van der Waals surface area (Å²) in [5.41, 5.74) is 0.864. The minimum absolute atomic E-state index is 0.0260. The number of fused-ring (bicyclic) bond motifs is 2. The average Bonchev–Trinajstić information content (AvgIpc) is 3.48. The molecule has 4 aromatic rings. The van der Waals surface area contributed by atoms with E-state index in [4.69, 9.17) is 8.85 Å². The Labute approximate surface area is 216 Å². The van der Waals surface area contributed by atoms with Crippen molar-refractivity contribution in [3.05, 3.63) is 30.2 Å². The minimum atomic E-state index is -3.54. The molecule has 4 heterocycles. The van der Waals surface area contributed by atoms with Gasteiger partial charge in [0.15, 0.2) is 5.82 Å². The third kappa shape index (κ3) is 4.35. The minimum Gasteiger partial charge on any atom is -0.479 e. The number of ether oxygens (including phenoxy) is 1. The number of benzene rings is 1. The molecular formula is C23H23F5N8O2. The highest BCUT2D eigenvalue weighted by Gasteiger charge is 2.46. The summed E-state index contributed by atoms with van der Waals surface area (Å²) >= 11 is 0. The zero-order valence-electron chi connectivity index (χ0n) is 22.8. The summed E-state index contributed by atoms with van der Waals surface area (Å²) in [5, 5.41) is 14.3. The highest BCUT2D eigenvalue weighted by molar-refractivity contribution is 5.89. The van der Waals surface area contributed by atoms with Gasteiger partial charge in [-0.15, -0.1) is 10.2 Å². The van der Waals surface area contributed by atoms with Gasteiger partial charge in [0.25, 0.3) is 5.92 Å². The summed E-state index contributed by atoms with van der Waals surface area (Å²) in [7, 11) is 1.24. The van der Waals surface area contributed by atoms with Crippen LogP contribution < -0.4 is 10.1 Å². The lowest BCUT2D eigenvalue weighted by Gasteiger charge is -2.38. The van der Waals surface area contributed by atoms with E-state index in [-0.39, 0.29) is 47.0 Å². The lowest BCUT2D eigenvalue weighted by molar-refractivity contribution is -0.140. The van der Waals surface area contributed by atoms with Crippen molar-refractivity contribution in [3.63, 3.8) is 0 Å². The van der Waals surface area contributed by atoms with Crippen molar-refractivity contribution in [2.75, 3.05) is 38.9 Å². The molecule has 15 heteroatoms. The van der Waals surface area contributed by atoms with E-state index in [1.54, 1.807) is 0 Å². The normalized spacial score (nSPS) is 19.0. The van der Waals surface area contributed by atoms with Crippen LogP contribution in [0.1, 0.15) is 23.4 Å². The maximum atomic E-state index is 15.3. The number of aromatic nitrogens is 6. The van der Waals surface area contributed by atoms with Gasteiger partial charge in [0, 0.05) is 17.5 Å². The van der Waals surface area contributed by atoms with Gasteiger partial charge >= 0.3 is 0 Å². The molecule has 0 aliphatic carbocycles. The molecule has 1 atom stereocenters. The molecule has 1 aliphatic rings. The van der Waals surface area contributed by atoms with Gasteiger partial charge in [0.1, 0.15) is 30.4 Å². The molecule has 0 spiro atoms. The van der Waals surface area contributed by atoms with Crippen LogP contribution in [0, 0.1) is 5.82 Å². The Morgan fingerprint density at radius 3 is 2.82 bits per heavy atom. The van der Waals surface area contributed by atoms with Crippen LogP contribution in [0.25, 0.3) is 27.7 Å². The van der Waals surface area contributed by atoms with E-state index in [0.29, 0.717) is 10.4 Å². The molecule has 0 radical (unpaired) electrons. The quantitative estimate of drug-likeness (QED) is 0.358. The van der Waals surface area contributed by atoms with Crippen LogP contribution in [-0.4, -0.2) is 85.9 Å². The fourth-order valence-corrected chi connectivity index (χ4v) is 4.48. The van der Waals surface area contributed by atoms with Crippen molar-refractivity contribution in [2.45, 2.75) is 31.3 Å². The van der Waals surface area contributed by atoms with Crippen LogP contribution >= 0.6 is 0 Å². The number of carbonyl (C=O) groups is 1. The van der Waals surface area contributed by atoms with Crippen LogP contribution in [0.4, 0.5) is 27.9 Å². The Morgan fingerprint density at radius 1 is 1.34 bits per heavy atom. The van der Waals surface area contributed by atoms with Crippen molar-refractivity contribution in [3.8, 4) is 17.0 Å². The molecule has 1 aliphatic heterocycles. The van der Waals surface area contributed by atoms with Gasteiger partial charge in [-0.1, -0.05) is 11.3 Å². The largest absolute Gasteiger partial charge is 0.479 e. The predicted molar refractivity (Wildman–Crippen MR) is 126 cm³/mol. The number of nitrogens with one attached hydrogen (secondary N) is 1. The second-order valence-corrected chi connectivity index (χ2v) is 8.76. The summed E-state index contributed by atoms with van der Waals surface area (Å²) in [6.07, 6.45) is 0.672. The molecule has 1 amide bonds. The average molecular weight is 541 g/mol. The van der Waals surface area contributed by atoms with Gasteiger partial charge in [-0.05, 0) is 24.1 Å². The molecule has 0 unspecified atom stereocenters. The lowest BCUT2D eigenvalue weighted by atomic mass is 10.0. The smallest absolute Gasteiger partial charge is 0.285 e. The van der Waals surface area contributed by atoms with E-state index in [0.717, 1.165) is 15.4 Å². The van der Waals surface area contributed by atoms with E-state index in [1.165, 1.54) is 25.3 Å². The number of likely N-dealkylation sites (tertiary alicyclic amines) is 1. The summed E-state index contributed by atoms with van der Waals surface area (Å²) in [5.74, 6) is -6.18. The first kappa shape index (κ1) is 22.0. The topological polar surface area (TPSA) is 102 Å². The standard InChI is InChI=1S/C23H23F5N8O2/c1-12(37)34-6-5-18(23(27,28)11-34)29-22-30-21(38-2)20-19(15(26)10-35(20)32-22)13-3-4-16-17(7-13)36(33-31-16)14(8-24)9-25/h3-4,7,10,14,18H,5-6,8-9,11H2,1-2H3,(H,29,32)/t18-/m1/s1/i1D3. The fourth-order valence-electron chi connectivity index (χ4n) is 4.48. The van der Waals surface area contributed by atoms with Crippen molar-refractivity contribution < 1.29 is 35.6 Å². The molecule has 1 saturated heterocycles. The molecule has 0 saturated carbocycles. The second kappa shape index (κ2) is 9.68.